The van der Waals surface area contributed by atoms with Crippen LogP contribution >= 0.6 is 0 Å². The number of allylic oxidation sites excluding steroid dienone is 2. The molecule has 3 rings (SSSR count). The van der Waals surface area contributed by atoms with Crippen molar-refractivity contribution in [1.29, 1.82) is 0 Å². The average molecular weight is 503 g/mol. The van der Waals surface area contributed by atoms with Gasteiger partial charge < -0.3 is 19.9 Å². The lowest BCUT2D eigenvalue weighted by Gasteiger charge is -2.26. The first kappa shape index (κ1) is 28.4. The van der Waals surface area contributed by atoms with Gasteiger partial charge in [-0.1, -0.05) is 62.9 Å². The Hall–Kier alpha value is -3.22. The second kappa shape index (κ2) is 13.9. The summed E-state index contributed by atoms with van der Waals surface area (Å²) in [5.74, 6) is 0.214. The number of anilines is 1. The first-order valence-electron chi connectivity index (χ1n) is 13.2. The number of aliphatic imine (C=N–C) groups is 1. The Morgan fingerprint density at radius 2 is 1.95 bits per heavy atom. The van der Waals surface area contributed by atoms with Crippen LogP contribution in [0.15, 0.2) is 83.1 Å². The molecule has 198 valence electrons. The predicted molar refractivity (Wildman–Crippen MR) is 154 cm³/mol. The van der Waals surface area contributed by atoms with Crippen molar-refractivity contribution in [1.82, 2.24) is 10.2 Å². The molecule has 0 saturated carbocycles. The van der Waals surface area contributed by atoms with E-state index in [0.717, 1.165) is 42.9 Å². The van der Waals surface area contributed by atoms with Crippen LogP contribution in [0.1, 0.15) is 50.8 Å². The van der Waals surface area contributed by atoms with Crippen molar-refractivity contribution in [3.8, 4) is 0 Å². The quantitative estimate of drug-likeness (QED) is 0.376. The fourth-order valence-electron chi connectivity index (χ4n) is 4.61. The van der Waals surface area contributed by atoms with Crippen LogP contribution in [0.2, 0.25) is 0 Å². The lowest BCUT2D eigenvalue weighted by molar-refractivity contribution is -0.114. The van der Waals surface area contributed by atoms with Crippen LogP contribution in [0.5, 0.6) is 0 Å². The van der Waals surface area contributed by atoms with Crippen LogP contribution in [0.25, 0.3) is 0 Å². The Morgan fingerprint density at radius 1 is 1.19 bits per heavy atom. The van der Waals surface area contributed by atoms with E-state index in [0.29, 0.717) is 24.4 Å². The summed E-state index contributed by atoms with van der Waals surface area (Å²) in [5, 5.41) is 3.22. The summed E-state index contributed by atoms with van der Waals surface area (Å²) in [6.45, 7) is 12.7. The van der Waals surface area contributed by atoms with Gasteiger partial charge in [-0.3, -0.25) is 9.79 Å². The number of rotatable bonds is 12. The van der Waals surface area contributed by atoms with E-state index in [9.17, 15) is 4.79 Å². The predicted octanol–water partition coefficient (Wildman–Crippen LogP) is 5.74. The van der Waals surface area contributed by atoms with Crippen molar-refractivity contribution in [2.75, 3.05) is 38.6 Å². The molecule has 1 aliphatic rings. The molecule has 2 aromatic rings. The van der Waals surface area contributed by atoms with Crippen LogP contribution in [-0.2, 0) is 16.1 Å². The smallest absolute Gasteiger partial charge is 0.261 e. The van der Waals surface area contributed by atoms with E-state index in [4.69, 9.17) is 4.74 Å². The van der Waals surface area contributed by atoms with Crippen molar-refractivity contribution in [2.24, 2.45) is 10.9 Å². The van der Waals surface area contributed by atoms with Crippen LogP contribution in [0.3, 0.4) is 0 Å². The SMILES string of the molecule is C=C(C)/N=C\C1=C(C(C)CC)N(C)CCN(c2cccc(COC(CCNC)c3ccccc3)c2)C1=O. The molecule has 6 nitrogen and oxygen atoms in total. The molecule has 0 radical (unpaired) electrons. The minimum atomic E-state index is -0.0288. The van der Waals surface area contributed by atoms with Crippen LogP contribution in [-0.4, -0.2) is 50.8 Å². The first-order chi connectivity index (χ1) is 17.8. The molecule has 37 heavy (non-hydrogen) atoms. The Morgan fingerprint density at radius 3 is 2.62 bits per heavy atom. The number of likely N-dealkylation sites (N-methyl/N-ethyl adjacent to an activating group) is 1. The molecule has 1 N–H and O–H groups in total. The van der Waals surface area contributed by atoms with Crippen LogP contribution in [0.4, 0.5) is 5.69 Å². The lowest BCUT2D eigenvalue weighted by atomic mass is 9.98. The Labute approximate surface area is 222 Å². The molecule has 0 fully saturated rings. The largest absolute Gasteiger partial charge is 0.375 e. The number of benzene rings is 2. The van der Waals surface area contributed by atoms with Gasteiger partial charge in [-0.25, -0.2) is 0 Å². The van der Waals surface area contributed by atoms with E-state index >= 15 is 0 Å². The normalized spacial score (nSPS) is 16.3. The number of nitrogens with zero attached hydrogens (tertiary/aromatic N) is 3. The zero-order chi connectivity index (χ0) is 26.8. The van der Waals surface area contributed by atoms with Crippen molar-refractivity contribution in [3.63, 3.8) is 0 Å². The summed E-state index contributed by atoms with van der Waals surface area (Å²) in [6, 6.07) is 18.5. The highest BCUT2D eigenvalue weighted by Gasteiger charge is 2.29. The average Bonchev–Trinajstić information content (AvgIpc) is 3.03. The van der Waals surface area contributed by atoms with Gasteiger partial charge in [-0.05, 0) is 62.5 Å². The highest BCUT2D eigenvalue weighted by Crippen LogP contribution is 2.29. The second-order valence-corrected chi connectivity index (χ2v) is 9.75. The summed E-state index contributed by atoms with van der Waals surface area (Å²) in [4.78, 5) is 22.4. The van der Waals surface area contributed by atoms with E-state index in [1.54, 1.807) is 6.21 Å². The summed E-state index contributed by atoms with van der Waals surface area (Å²) in [7, 11) is 4.02. The number of carbonyl (C=O) groups is 1. The zero-order valence-corrected chi connectivity index (χ0v) is 23.0. The van der Waals surface area contributed by atoms with E-state index in [-0.39, 0.29) is 17.9 Å². The molecule has 2 atom stereocenters. The minimum Gasteiger partial charge on any atom is -0.375 e. The molecule has 1 heterocycles. The van der Waals surface area contributed by atoms with Crippen molar-refractivity contribution in [3.05, 3.63) is 89.3 Å². The molecular formula is C31H42N4O2. The number of hydrogen-bond donors (Lipinski definition) is 1. The maximum atomic E-state index is 13.9. The third-order valence-electron chi connectivity index (χ3n) is 6.82. The summed E-state index contributed by atoms with van der Waals surface area (Å²) in [6.07, 6.45) is 3.52. The summed E-state index contributed by atoms with van der Waals surface area (Å²) in [5.41, 5.74) is 5.43. The van der Waals surface area contributed by atoms with Crippen LogP contribution < -0.4 is 10.2 Å². The molecule has 0 spiro atoms. The number of nitrogens with one attached hydrogen (secondary N) is 1. The lowest BCUT2D eigenvalue weighted by Crippen LogP contribution is -2.34. The maximum absolute atomic E-state index is 13.9. The minimum absolute atomic E-state index is 0.00301. The fourth-order valence-corrected chi connectivity index (χ4v) is 4.61. The van der Waals surface area contributed by atoms with Gasteiger partial charge >= 0.3 is 0 Å². The van der Waals surface area contributed by atoms with E-state index in [1.807, 2.05) is 49.2 Å². The monoisotopic (exact) mass is 502 g/mol. The molecular weight excluding hydrogens is 460 g/mol. The fraction of sp³-hybridized carbons (Fsp3) is 0.419. The van der Waals surface area contributed by atoms with Gasteiger partial charge in [-0.2, -0.15) is 0 Å². The second-order valence-electron chi connectivity index (χ2n) is 9.75. The molecule has 1 aliphatic heterocycles. The van der Waals surface area contributed by atoms with Crippen molar-refractivity contribution in [2.45, 2.75) is 46.3 Å². The van der Waals surface area contributed by atoms with Gasteiger partial charge in [0.25, 0.3) is 5.91 Å². The number of amides is 1. The third kappa shape index (κ3) is 7.63. The first-order valence-corrected chi connectivity index (χ1v) is 13.2. The molecule has 0 aliphatic carbocycles. The molecule has 0 saturated heterocycles. The molecule has 2 aromatic carbocycles. The van der Waals surface area contributed by atoms with Gasteiger partial charge in [0.1, 0.15) is 0 Å². The molecule has 0 bridgehead atoms. The van der Waals surface area contributed by atoms with E-state index in [1.165, 1.54) is 5.56 Å². The van der Waals surface area contributed by atoms with Gasteiger partial charge in [0.2, 0.25) is 0 Å². The van der Waals surface area contributed by atoms with Crippen molar-refractivity contribution < 1.29 is 9.53 Å². The number of hydrogen-bond acceptors (Lipinski definition) is 5. The van der Waals surface area contributed by atoms with E-state index in [2.05, 4.69) is 66.9 Å². The number of ether oxygens (including phenoxy) is 1. The Kier molecular flexibility index (Phi) is 10.7. The highest BCUT2D eigenvalue weighted by molar-refractivity contribution is 6.19. The third-order valence-corrected chi connectivity index (χ3v) is 6.82. The standard InChI is InChI=1S/C31H42N4O2/c1-7-24(4)30-28(21-33-23(2)3)31(36)35(19-18-34(30)6)27-15-11-12-25(20-27)22-37-29(16-17-32-5)26-13-9-8-10-14-26/h8-15,20-21,24,29,32H,2,7,16-19,22H2,1,3-6H3/b33-21-. The highest BCUT2D eigenvalue weighted by atomic mass is 16.5. The van der Waals surface area contributed by atoms with Gasteiger partial charge in [-0.15, -0.1) is 0 Å². The maximum Gasteiger partial charge on any atom is 0.261 e. The summed E-state index contributed by atoms with van der Waals surface area (Å²) >= 11 is 0. The van der Waals surface area contributed by atoms with Gasteiger partial charge in [0.05, 0.1) is 18.3 Å². The molecule has 2 unspecified atom stereocenters. The molecule has 0 aromatic heterocycles. The van der Waals surface area contributed by atoms with Gasteiger partial charge in [0, 0.05) is 43.4 Å². The van der Waals surface area contributed by atoms with Crippen molar-refractivity contribution >= 4 is 17.8 Å². The van der Waals surface area contributed by atoms with E-state index < -0.39 is 0 Å². The van der Waals surface area contributed by atoms with Crippen LogP contribution in [0, 0.1) is 5.92 Å². The van der Waals surface area contributed by atoms with Gasteiger partial charge in [0.15, 0.2) is 0 Å². The summed E-state index contributed by atoms with van der Waals surface area (Å²) < 4.78 is 6.38. The Balaban J connectivity index is 1.87. The molecule has 1 amide bonds. The number of carbonyl (C=O) groups excluding carboxylic acids is 1. The topological polar surface area (TPSA) is 57.2 Å². The Bertz CT molecular complexity index is 1110. The zero-order valence-electron chi connectivity index (χ0n) is 23.0. The molecule has 6 heteroatoms.